The number of hydrogen-bond donors (Lipinski definition) is 4. The number of carbonyl (C=O) groups excluding carboxylic acids is 1. The zero-order chi connectivity index (χ0) is 27.8. The van der Waals surface area contributed by atoms with Gasteiger partial charge in [-0.25, -0.2) is 13.8 Å². The lowest BCUT2D eigenvalue weighted by Gasteiger charge is -2.37. The van der Waals surface area contributed by atoms with E-state index in [0.29, 0.717) is 41.5 Å². The van der Waals surface area contributed by atoms with E-state index < -0.39 is 23.1 Å². The predicted octanol–water partition coefficient (Wildman–Crippen LogP) is 5.35. The van der Waals surface area contributed by atoms with Crippen LogP contribution in [0.5, 0.6) is 0 Å². The Hall–Kier alpha value is -3.43. The van der Waals surface area contributed by atoms with Gasteiger partial charge in [0.25, 0.3) is 5.91 Å². The number of halogens is 2. The summed E-state index contributed by atoms with van der Waals surface area (Å²) in [5.74, 6) is -1.27. The summed E-state index contributed by atoms with van der Waals surface area (Å²) < 4.78 is 31.5. The first kappa shape index (κ1) is 25.5. The van der Waals surface area contributed by atoms with Crippen LogP contribution >= 0.6 is 0 Å². The van der Waals surface area contributed by atoms with Crippen LogP contribution in [-0.4, -0.2) is 27.0 Å². The van der Waals surface area contributed by atoms with E-state index in [2.05, 4.69) is 15.3 Å². The molecule has 4 aliphatic rings. The Kier molecular flexibility index (Phi) is 5.94. The molecule has 6 N–H and O–H groups in total. The van der Waals surface area contributed by atoms with E-state index >= 15 is 8.78 Å². The minimum absolute atomic E-state index is 0.00220. The molecule has 2 aromatic heterocycles. The van der Waals surface area contributed by atoms with E-state index in [9.17, 15) is 9.90 Å². The van der Waals surface area contributed by atoms with Crippen LogP contribution in [0.2, 0.25) is 0 Å². The first-order chi connectivity index (χ1) is 19.2. The molecule has 7 rings (SSSR count). The fraction of sp³-hybridized carbons (Fsp3) is 0.452. The highest BCUT2D eigenvalue weighted by Crippen LogP contribution is 2.57. The van der Waals surface area contributed by atoms with Crippen molar-refractivity contribution in [1.82, 2.24) is 9.97 Å². The van der Waals surface area contributed by atoms with Crippen molar-refractivity contribution in [3.63, 3.8) is 0 Å². The highest BCUT2D eigenvalue weighted by molar-refractivity contribution is 6.07. The van der Waals surface area contributed by atoms with Crippen molar-refractivity contribution in [1.29, 1.82) is 0 Å². The number of nitrogens with one attached hydrogen (secondary N) is 1. The normalized spacial score (nSPS) is 28.5. The first-order valence-corrected chi connectivity index (χ1v) is 14.2. The van der Waals surface area contributed by atoms with Crippen LogP contribution < -0.4 is 16.8 Å². The topological polar surface area (TPSA) is 127 Å². The summed E-state index contributed by atoms with van der Waals surface area (Å²) in [6, 6.07) is 6.12. The van der Waals surface area contributed by atoms with Crippen LogP contribution in [0.3, 0.4) is 0 Å². The molecule has 1 amide bonds. The van der Waals surface area contributed by atoms with Crippen LogP contribution in [0.15, 0.2) is 36.7 Å². The predicted molar refractivity (Wildman–Crippen MR) is 147 cm³/mol. The van der Waals surface area contributed by atoms with E-state index in [4.69, 9.17) is 11.5 Å². The SMILES string of the molecule is Nc1cc(F)c2nc1C(=O)Nc1cnccc1[C@H]1CC(N)C[C@H](C1)C[C@H]1CC1c1cc(C3(O)CCC3)cc(F)c1-2. The second-order valence-corrected chi connectivity index (χ2v) is 12.3. The van der Waals surface area contributed by atoms with Crippen LogP contribution in [0.1, 0.15) is 90.4 Å². The van der Waals surface area contributed by atoms with Gasteiger partial charge in [0.15, 0.2) is 11.5 Å². The minimum Gasteiger partial charge on any atom is -0.397 e. The lowest BCUT2D eigenvalue weighted by atomic mass is 9.73. The summed E-state index contributed by atoms with van der Waals surface area (Å²) in [7, 11) is 0. The molecular weight excluding hydrogens is 512 g/mol. The second-order valence-electron chi connectivity index (χ2n) is 12.3. The van der Waals surface area contributed by atoms with Gasteiger partial charge in [-0.2, -0.15) is 0 Å². The van der Waals surface area contributed by atoms with Gasteiger partial charge in [0.1, 0.15) is 11.5 Å². The number of carbonyl (C=O) groups is 1. The third-order valence-corrected chi connectivity index (χ3v) is 9.64. The molecule has 9 heteroatoms. The van der Waals surface area contributed by atoms with Crippen molar-refractivity contribution in [2.75, 3.05) is 11.1 Å². The maximum atomic E-state index is 16.0. The summed E-state index contributed by atoms with van der Waals surface area (Å²) >= 11 is 0. The van der Waals surface area contributed by atoms with E-state index in [1.54, 1.807) is 12.4 Å². The van der Waals surface area contributed by atoms with Gasteiger partial charge in [0, 0.05) is 23.9 Å². The zero-order valence-corrected chi connectivity index (χ0v) is 22.2. The average Bonchev–Trinajstić information content (AvgIpc) is 3.65. The molecule has 2 unspecified atom stereocenters. The first-order valence-electron chi connectivity index (χ1n) is 14.2. The van der Waals surface area contributed by atoms with E-state index in [1.165, 1.54) is 6.07 Å². The van der Waals surface area contributed by atoms with E-state index in [1.807, 2.05) is 12.1 Å². The molecule has 3 aliphatic carbocycles. The fourth-order valence-electron chi connectivity index (χ4n) is 7.39. The monoisotopic (exact) mass is 545 g/mol. The summed E-state index contributed by atoms with van der Waals surface area (Å²) in [4.78, 5) is 22.0. The Balaban J connectivity index is 1.40. The summed E-state index contributed by atoms with van der Waals surface area (Å²) in [6.07, 6.45) is 9.71. The average molecular weight is 546 g/mol. The number of pyridine rings is 2. The van der Waals surface area contributed by atoms with Gasteiger partial charge < -0.3 is 21.9 Å². The number of fused-ring (bicyclic) bond motifs is 10. The molecule has 3 saturated carbocycles. The van der Waals surface area contributed by atoms with Gasteiger partial charge in [0.05, 0.1) is 23.2 Å². The quantitative estimate of drug-likeness (QED) is 0.327. The molecule has 1 aromatic carbocycles. The van der Waals surface area contributed by atoms with Crippen molar-refractivity contribution >= 4 is 17.3 Å². The summed E-state index contributed by atoms with van der Waals surface area (Å²) in [5, 5.41) is 14.0. The molecule has 3 aromatic rings. The largest absolute Gasteiger partial charge is 0.397 e. The zero-order valence-electron chi connectivity index (χ0n) is 22.2. The van der Waals surface area contributed by atoms with Crippen molar-refractivity contribution in [2.45, 2.75) is 74.8 Å². The van der Waals surface area contributed by atoms with Crippen LogP contribution in [0.4, 0.5) is 20.2 Å². The molecule has 1 aliphatic heterocycles. The standard InChI is InChI=1S/C31H33F2N5O2/c32-23-12-18(31(40)3-1-4-31)11-22-21-10-17(21)7-15-6-16(9-19(34)8-15)20-2-5-36-14-26(20)37-30(39)29-25(35)13-24(33)28(38-29)27(22)23/h2,5,11-17,19,21,40H,1,3-4,6-10,34-35H2,(H,37,39)/t15-,16-,17+,19?,21?/m1/s1. The summed E-state index contributed by atoms with van der Waals surface area (Å²) in [6.45, 7) is 0. The molecule has 4 bridgehead atoms. The van der Waals surface area contributed by atoms with E-state index in [0.717, 1.165) is 50.2 Å². The Labute approximate surface area is 231 Å². The van der Waals surface area contributed by atoms with Gasteiger partial charge in [0.2, 0.25) is 0 Å². The Morgan fingerprint density at radius 3 is 2.60 bits per heavy atom. The number of aliphatic hydroxyl groups is 1. The lowest BCUT2D eigenvalue weighted by molar-refractivity contribution is -0.0390. The van der Waals surface area contributed by atoms with Crippen molar-refractivity contribution < 1.29 is 18.7 Å². The van der Waals surface area contributed by atoms with E-state index in [-0.39, 0.29) is 40.5 Å². The Morgan fingerprint density at radius 2 is 1.82 bits per heavy atom. The minimum atomic E-state index is -1.07. The number of anilines is 2. The van der Waals surface area contributed by atoms with Gasteiger partial charge >= 0.3 is 0 Å². The highest BCUT2D eigenvalue weighted by atomic mass is 19.1. The molecule has 208 valence electrons. The molecular formula is C31H33F2N5O2. The molecule has 3 heterocycles. The molecule has 5 atom stereocenters. The number of amides is 1. The number of aromatic nitrogens is 2. The number of rotatable bonds is 1. The van der Waals surface area contributed by atoms with Crippen LogP contribution in [0, 0.1) is 23.5 Å². The molecule has 0 spiro atoms. The number of nitrogen functional groups attached to an aromatic ring is 1. The number of nitrogens with zero attached hydrogens (tertiary/aromatic N) is 2. The molecule has 3 fully saturated rings. The summed E-state index contributed by atoms with van der Waals surface area (Å²) in [5.41, 5.74) is 13.7. The van der Waals surface area contributed by atoms with Gasteiger partial charge in [-0.05, 0) is 104 Å². The molecule has 0 radical (unpaired) electrons. The smallest absolute Gasteiger partial charge is 0.276 e. The van der Waals surface area contributed by atoms with Gasteiger partial charge in [-0.15, -0.1) is 0 Å². The maximum Gasteiger partial charge on any atom is 0.276 e. The van der Waals surface area contributed by atoms with Gasteiger partial charge in [-0.1, -0.05) is 6.07 Å². The third-order valence-electron chi connectivity index (χ3n) is 9.64. The van der Waals surface area contributed by atoms with Crippen molar-refractivity contribution in [3.05, 3.63) is 70.7 Å². The molecule has 40 heavy (non-hydrogen) atoms. The highest BCUT2D eigenvalue weighted by Gasteiger charge is 2.45. The van der Waals surface area contributed by atoms with Crippen LogP contribution in [-0.2, 0) is 5.60 Å². The number of benzene rings is 1. The van der Waals surface area contributed by atoms with Crippen molar-refractivity contribution in [2.24, 2.45) is 17.6 Å². The maximum absolute atomic E-state index is 16.0. The molecule has 0 saturated heterocycles. The van der Waals surface area contributed by atoms with Crippen LogP contribution in [0.25, 0.3) is 11.3 Å². The Morgan fingerprint density at radius 1 is 1.00 bits per heavy atom. The lowest BCUT2D eigenvalue weighted by Crippen LogP contribution is -2.34. The number of nitrogens with two attached hydrogens (primary N) is 2. The van der Waals surface area contributed by atoms with Crippen molar-refractivity contribution in [3.8, 4) is 11.3 Å². The second kappa shape index (κ2) is 9.31. The number of hydrogen-bond acceptors (Lipinski definition) is 6. The Bertz CT molecular complexity index is 1520. The van der Waals surface area contributed by atoms with Gasteiger partial charge in [-0.3, -0.25) is 9.78 Å². The third kappa shape index (κ3) is 4.27. The molecule has 7 nitrogen and oxygen atoms in total. The fourth-order valence-corrected chi connectivity index (χ4v) is 7.39.